The second-order valence-electron chi connectivity index (χ2n) is 4.30. The highest BCUT2D eigenvalue weighted by Gasteiger charge is 2.06. The van der Waals surface area contributed by atoms with Gasteiger partial charge >= 0.3 is 0 Å². The van der Waals surface area contributed by atoms with Crippen LogP contribution in [0.15, 0.2) is 45.3 Å². The summed E-state index contributed by atoms with van der Waals surface area (Å²) in [6.07, 6.45) is 0. The van der Waals surface area contributed by atoms with Crippen LogP contribution < -0.4 is 5.32 Å². The van der Waals surface area contributed by atoms with E-state index in [0.29, 0.717) is 6.61 Å². The summed E-state index contributed by atoms with van der Waals surface area (Å²) in [6.45, 7) is 1.29. The van der Waals surface area contributed by atoms with Gasteiger partial charge in [0.05, 0.1) is 11.6 Å². The van der Waals surface area contributed by atoms with Crippen LogP contribution in [0.4, 0.5) is 5.69 Å². The lowest BCUT2D eigenvalue weighted by molar-refractivity contribution is 0.185. The zero-order valence-electron chi connectivity index (χ0n) is 10.9. The van der Waals surface area contributed by atoms with Crippen LogP contribution in [-0.4, -0.2) is 7.11 Å². The standard InChI is InChI=1S/C15H14Br2ClNO/c1-20-9-11-12(16)3-2-4-15(11)19-8-10-5-6-14(18)13(17)7-10/h2-7,19H,8-9H2,1H3. The second kappa shape index (κ2) is 7.46. The Morgan fingerprint density at radius 1 is 1.15 bits per heavy atom. The van der Waals surface area contributed by atoms with Crippen molar-refractivity contribution >= 4 is 49.1 Å². The molecule has 2 nitrogen and oxygen atoms in total. The number of anilines is 1. The highest BCUT2D eigenvalue weighted by Crippen LogP contribution is 2.27. The lowest BCUT2D eigenvalue weighted by atomic mass is 10.1. The Bertz CT molecular complexity index is 604. The molecule has 0 amide bonds. The number of halogens is 3. The molecule has 0 saturated heterocycles. The van der Waals surface area contributed by atoms with Gasteiger partial charge in [-0.3, -0.25) is 0 Å². The first kappa shape index (κ1) is 15.8. The topological polar surface area (TPSA) is 21.3 Å². The van der Waals surface area contributed by atoms with Crippen molar-refractivity contribution in [2.45, 2.75) is 13.2 Å². The molecule has 2 rings (SSSR count). The van der Waals surface area contributed by atoms with E-state index in [1.54, 1.807) is 7.11 Å². The van der Waals surface area contributed by atoms with Gasteiger partial charge in [0.25, 0.3) is 0 Å². The molecule has 0 aliphatic rings. The zero-order valence-corrected chi connectivity index (χ0v) is 14.8. The third kappa shape index (κ3) is 3.98. The Kier molecular flexibility index (Phi) is 5.90. The first-order chi connectivity index (χ1) is 9.61. The number of benzene rings is 2. The van der Waals surface area contributed by atoms with Crippen LogP contribution >= 0.6 is 43.5 Å². The first-order valence-corrected chi connectivity index (χ1v) is 8.02. The fourth-order valence-electron chi connectivity index (χ4n) is 1.86. The van der Waals surface area contributed by atoms with E-state index in [2.05, 4.69) is 37.2 Å². The molecular weight excluding hydrogens is 405 g/mol. The minimum Gasteiger partial charge on any atom is -0.381 e. The molecule has 20 heavy (non-hydrogen) atoms. The molecule has 106 valence electrons. The van der Waals surface area contributed by atoms with Gasteiger partial charge in [-0.15, -0.1) is 0 Å². The predicted molar refractivity (Wildman–Crippen MR) is 91.3 cm³/mol. The summed E-state index contributed by atoms with van der Waals surface area (Å²) < 4.78 is 7.19. The Morgan fingerprint density at radius 3 is 2.65 bits per heavy atom. The van der Waals surface area contributed by atoms with Crippen LogP contribution in [0.1, 0.15) is 11.1 Å². The number of methoxy groups -OCH3 is 1. The molecule has 2 aromatic carbocycles. The third-order valence-corrected chi connectivity index (χ3v) is 4.83. The molecule has 0 unspecified atom stereocenters. The fourth-order valence-corrected chi connectivity index (χ4v) is 2.89. The van der Waals surface area contributed by atoms with Crippen molar-refractivity contribution in [3.63, 3.8) is 0 Å². The normalized spacial score (nSPS) is 10.6. The number of hydrogen-bond donors (Lipinski definition) is 1. The number of ether oxygens (including phenoxy) is 1. The van der Waals surface area contributed by atoms with Crippen LogP contribution in [-0.2, 0) is 17.9 Å². The first-order valence-electron chi connectivity index (χ1n) is 6.06. The highest BCUT2D eigenvalue weighted by atomic mass is 79.9. The average molecular weight is 420 g/mol. The SMILES string of the molecule is COCc1c(Br)cccc1NCc1ccc(Cl)c(Br)c1. The van der Waals surface area contributed by atoms with Crippen molar-refractivity contribution in [1.82, 2.24) is 0 Å². The van der Waals surface area contributed by atoms with E-state index in [0.717, 1.165) is 37.3 Å². The van der Waals surface area contributed by atoms with Crippen molar-refractivity contribution in [2.24, 2.45) is 0 Å². The van der Waals surface area contributed by atoms with E-state index in [1.807, 2.05) is 36.4 Å². The van der Waals surface area contributed by atoms with Crippen LogP contribution in [0.5, 0.6) is 0 Å². The molecule has 0 aromatic heterocycles. The maximum atomic E-state index is 6.00. The molecule has 0 radical (unpaired) electrons. The van der Waals surface area contributed by atoms with Crippen LogP contribution in [0.3, 0.4) is 0 Å². The Labute approximate surface area is 140 Å². The predicted octanol–water partition coefficient (Wildman–Crippen LogP) is 5.62. The average Bonchev–Trinajstić information content (AvgIpc) is 2.43. The summed E-state index contributed by atoms with van der Waals surface area (Å²) in [5.41, 5.74) is 3.33. The molecule has 2 aromatic rings. The molecule has 0 spiro atoms. The van der Waals surface area contributed by atoms with Crippen LogP contribution in [0.2, 0.25) is 5.02 Å². The monoisotopic (exact) mass is 417 g/mol. The maximum Gasteiger partial charge on any atom is 0.0744 e. The molecule has 5 heteroatoms. The van der Waals surface area contributed by atoms with E-state index in [9.17, 15) is 0 Å². The zero-order chi connectivity index (χ0) is 14.5. The number of rotatable bonds is 5. The number of nitrogens with one attached hydrogen (secondary N) is 1. The van der Waals surface area contributed by atoms with Gasteiger partial charge in [0.2, 0.25) is 0 Å². The van der Waals surface area contributed by atoms with E-state index in [1.165, 1.54) is 0 Å². The summed E-state index contributed by atoms with van der Waals surface area (Å²) in [5, 5.41) is 4.15. The Morgan fingerprint density at radius 2 is 1.95 bits per heavy atom. The van der Waals surface area contributed by atoms with Gasteiger partial charge in [-0.25, -0.2) is 0 Å². The molecule has 0 bridgehead atoms. The molecule has 0 aliphatic heterocycles. The minimum atomic E-state index is 0.564. The van der Waals surface area contributed by atoms with E-state index < -0.39 is 0 Å². The molecule has 0 atom stereocenters. The fraction of sp³-hybridized carbons (Fsp3) is 0.200. The van der Waals surface area contributed by atoms with E-state index in [-0.39, 0.29) is 0 Å². The summed E-state index contributed by atoms with van der Waals surface area (Å²) in [4.78, 5) is 0. The smallest absolute Gasteiger partial charge is 0.0744 e. The molecule has 0 saturated carbocycles. The van der Waals surface area contributed by atoms with E-state index >= 15 is 0 Å². The quantitative estimate of drug-likeness (QED) is 0.679. The summed E-state index contributed by atoms with van der Waals surface area (Å²) in [7, 11) is 1.69. The second-order valence-corrected chi connectivity index (χ2v) is 6.42. The van der Waals surface area contributed by atoms with Crippen molar-refractivity contribution in [3.8, 4) is 0 Å². The van der Waals surface area contributed by atoms with Gasteiger partial charge < -0.3 is 10.1 Å². The van der Waals surface area contributed by atoms with E-state index in [4.69, 9.17) is 16.3 Å². The molecular formula is C15H14Br2ClNO. The Balaban J connectivity index is 2.14. The van der Waals surface area contributed by atoms with Crippen molar-refractivity contribution in [3.05, 3.63) is 61.5 Å². The van der Waals surface area contributed by atoms with Gasteiger partial charge in [-0.05, 0) is 45.8 Å². The lowest BCUT2D eigenvalue weighted by Gasteiger charge is -2.13. The molecule has 0 fully saturated rings. The van der Waals surface area contributed by atoms with Crippen molar-refractivity contribution < 1.29 is 4.74 Å². The van der Waals surface area contributed by atoms with Gasteiger partial charge in [-0.1, -0.05) is 39.7 Å². The van der Waals surface area contributed by atoms with Gasteiger partial charge in [-0.2, -0.15) is 0 Å². The van der Waals surface area contributed by atoms with Gasteiger partial charge in [0.1, 0.15) is 0 Å². The van der Waals surface area contributed by atoms with Gasteiger partial charge in [0, 0.05) is 33.9 Å². The molecule has 1 N–H and O–H groups in total. The summed E-state index contributed by atoms with van der Waals surface area (Å²) >= 11 is 13.0. The van der Waals surface area contributed by atoms with Crippen LogP contribution in [0, 0.1) is 0 Å². The van der Waals surface area contributed by atoms with Crippen molar-refractivity contribution in [1.29, 1.82) is 0 Å². The largest absolute Gasteiger partial charge is 0.381 e. The summed E-state index contributed by atoms with van der Waals surface area (Å²) in [5.74, 6) is 0. The van der Waals surface area contributed by atoms with Crippen molar-refractivity contribution in [2.75, 3.05) is 12.4 Å². The Hall–Kier alpha value is -0.550. The molecule has 0 heterocycles. The number of hydrogen-bond acceptors (Lipinski definition) is 2. The van der Waals surface area contributed by atoms with Crippen LogP contribution in [0.25, 0.3) is 0 Å². The van der Waals surface area contributed by atoms with Gasteiger partial charge in [0.15, 0.2) is 0 Å². The molecule has 0 aliphatic carbocycles. The highest BCUT2D eigenvalue weighted by molar-refractivity contribution is 9.10. The lowest BCUT2D eigenvalue weighted by Crippen LogP contribution is -2.03. The summed E-state index contributed by atoms with van der Waals surface area (Å²) in [6, 6.07) is 12.0. The third-order valence-electron chi connectivity index (χ3n) is 2.87. The minimum absolute atomic E-state index is 0.564. The maximum absolute atomic E-state index is 6.00.